The summed E-state index contributed by atoms with van der Waals surface area (Å²) >= 11 is 11.6. The Morgan fingerprint density at radius 3 is 2.29 bits per heavy atom. The van der Waals surface area contributed by atoms with E-state index in [0.717, 1.165) is 23.3 Å². The summed E-state index contributed by atoms with van der Waals surface area (Å²) in [5.41, 5.74) is -1.08. The molecule has 2 aromatic carbocycles. The summed E-state index contributed by atoms with van der Waals surface area (Å²) in [4.78, 5) is 26.6. The number of nitrogens with zero attached hydrogens (tertiary/aromatic N) is 2. The highest BCUT2D eigenvalue weighted by Crippen LogP contribution is 2.37. The van der Waals surface area contributed by atoms with Gasteiger partial charge in [0.05, 0.1) is 22.5 Å². The Morgan fingerprint density at radius 1 is 1.12 bits per heavy atom. The number of benzene rings is 2. The molecule has 2 aromatic rings. The number of carbonyl (C=O) groups excluding carboxylic acids is 2. The lowest BCUT2D eigenvalue weighted by molar-refractivity contribution is -0.139. The van der Waals surface area contributed by atoms with Gasteiger partial charge in [-0.15, -0.1) is 0 Å². The minimum atomic E-state index is -4.84. The predicted octanol–water partition coefficient (Wildman–Crippen LogP) is 3.94. The summed E-state index contributed by atoms with van der Waals surface area (Å²) in [7, 11) is -2.83. The maximum Gasteiger partial charge on any atom is 0.417 e. The van der Waals surface area contributed by atoms with E-state index in [-0.39, 0.29) is 6.54 Å². The highest BCUT2D eigenvalue weighted by Gasteiger charge is 2.35. The Hall–Kier alpha value is -2.50. The van der Waals surface area contributed by atoms with Crippen molar-refractivity contribution in [3.05, 3.63) is 63.6 Å². The number of alkyl halides is 3. The Kier molecular flexibility index (Phi) is 8.84. The third-order valence-corrected chi connectivity index (χ3v) is 6.58. The van der Waals surface area contributed by atoms with Crippen molar-refractivity contribution in [3.63, 3.8) is 0 Å². The molecule has 0 radical (unpaired) electrons. The lowest BCUT2D eigenvalue weighted by Crippen LogP contribution is -2.50. The van der Waals surface area contributed by atoms with Crippen LogP contribution in [0.4, 0.5) is 18.9 Å². The first-order valence-electron chi connectivity index (χ1n) is 9.75. The van der Waals surface area contributed by atoms with E-state index in [2.05, 4.69) is 5.32 Å². The van der Waals surface area contributed by atoms with Gasteiger partial charge >= 0.3 is 6.18 Å². The van der Waals surface area contributed by atoms with Gasteiger partial charge < -0.3 is 10.2 Å². The van der Waals surface area contributed by atoms with Crippen molar-refractivity contribution in [1.29, 1.82) is 0 Å². The molecule has 0 spiro atoms. The van der Waals surface area contributed by atoms with Crippen LogP contribution < -0.4 is 9.62 Å². The molecule has 0 bridgehead atoms. The average Bonchev–Trinajstić information content (AvgIpc) is 2.73. The number of hydrogen-bond acceptors (Lipinski definition) is 4. The largest absolute Gasteiger partial charge is 0.417 e. The van der Waals surface area contributed by atoms with Gasteiger partial charge in [-0.05, 0) is 42.8 Å². The number of sulfonamides is 1. The molecule has 0 saturated carbocycles. The van der Waals surface area contributed by atoms with Crippen LogP contribution in [0, 0.1) is 0 Å². The molecule has 0 aliphatic heterocycles. The predicted molar refractivity (Wildman–Crippen MR) is 124 cm³/mol. The van der Waals surface area contributed by atoms with Gasteiger partial charge in [-0.25, -0.2) is 8.42 Å². The SMILES string of the molecule is CNC(=O)[C@@H](C)N(Cc1cccc(Cl)c1)C(=O)CN(c1ccc(Cl)c(C(F)(F)F)c1)S(C)(=O)=O. The smallest absolute Gasteiger partial charge is 0.357 e. The quantitative estimate of drug-likeness (QED) is 0.550. The van der Waals surface area contributed by atoms with Crippen LogP contribution in [0.15, 0.2) is 42.5 Å². The Bertz CT molecular complexity index is 1180. The molecule has 0 saturated heterocycles. The van der Waals surface area contributed by atoms with Crippen molar-refractivity contribution in [2.45, 2.75) is 25.7 Å². The van der Waals surface area contributed by atoms with Gasteiger partial charge in [-0.2, -0.15) is 13.2 Å². The number of rotatable bonds is 8. The van der Waals surface area contributed by atoms with Crippen LogP contribution >= 0.6 is 23.2 Å². The lowest BCUT2D eigenvalue weighted by atomic mass is 10.1. The molecule has 1 atom stereocenters. The summed E-state index contributed by atoms with van der Waals surface area (Å²) in [6.45, 7) is 0.496. The van der Waals surface area contributed by atoms with Gasteiger partial charge in [0.15, 0.2) is 0 Å². The van der Waals surface area contributed by atoms with Gasteiger partial charge in [0.1, 0.15) is 12.6 Å². The monoisotopic (exact) mass is 539 g/mol. The van der Waals surface area contributed by atoms with E-state index >= 15 is 0 Å². The van der Waals surface area contributed by atoms with E-state index in [0.29, 0.717) is 21.0 Å². The zero-order valence-corrected chi connectivity index (χ0v) is 20.7. The summed E-state index contributed by atoms with van der Waals surface area (Å²) in [5.74, 6) is -1.34. The molecular formula is C21H22Cl2F3N3O4S. The Morgan fingerprint density at radius 2 is 1.76 bits per heavy atom. The molecule has 0 aliphatic rings. The van der Waals surface area contributed by atoms with Crippen molar-refractivity contribution in [3.8, 4) is 0 Å². The maximum atomic E-state index is 13.3. The Balaban J connectivity index is 2.47. The highest BCUT2D eigenvalue weighted by molar-refractivity contribution is 7.92. The summed E-state index contributed by atoms with van der Waals surface area (Å²) in [6.07, 6.45) is -4.09. The van der Waals surface area contributed by atoms with Crippen molar-refractivity contribution >= 4 is 50.7 Å². The van der Waals surface area contributed by atoms with Crippen LogP contribution in [0.5, 0.6) is 0 Å². The number of amides is 2. The molecule has 34 heavy (non-hydrogen) atoms. The van der Waals surface area contributed by atoms with E-state index < -0.39 is 56.9 Å². The first-order valence-corrected chi connectivity index (χ1v) is 12.4. The number of nitrogens with one attached hydrogen (secondary N) is 1. The van der Waals surface area contributed by atoms with Gasteiger partial charge in [-0.1, -0.05) is 35.3 Å². The van der Waals surface area contributed by atoms with Gasteiger partial charge in [0.2, 0.25) is 21.8 Å². The van der Waals surface area contributed by atoms with E-state index in [9.17, 15) is 31.2 Å². The fourth-order valence-electron chi connectivity index (χ4n) is 3.12. The molecule has 2 amide bonds. The number of anilines is 1. The number of halogens is 5. The molecule has 0 fully saturated rings. The van der Waals surface area contributed by atoms with Crippen molar-refractivity contribution < 1.29 is 31.2 Å². The number of carbonyl (C=O) groups is 2. The van der Waals surface area contributed by atoms with Crippen LogP contribution in [0.1, 0.15) is 18.1 Å². The summed E-state index contributed by atoms with van der Waals surface area (Å²) < 4.78 is 65.3. The topological polar surface area (TPSA) is 86.8 Å². The summed E-state index contributed by atoms with van der Waals surface area (Å²) in [5, 5.41) is 2.18. The molecule has 13 heteroatoms. The second-order valence-corrected chi connectivity index (χ2v) is 10.1. The van der Waals surface area contributed by atoms with Gasteiger partial charge in [-0.3, -0.25) is 13.9 Å². The lowest BCUT2D eigenvalue weighted by Gasteiger charge is -2.31. The molecule has 2 rings (SSSR count). The molecule has 186 valence electrons. The molecule has 0 unspecified atom stereocenters. The second kappa shape index (κ2) is 10.8. The fraction of sp³-hybridized carbons (Fsp3) is 0.333. The first kappa shape index (κ1) is 27.7. The minimum absolute atomic E-state index is 0.0972. The second-order valence-electron chi connectivity index (χ2n) is 7.37. The van der Waals surface area contributed by atoms with Crippen LogP contribution in [-0.4, -0.2) is 51.0 Å². The summed E-state index contributed by atoms with van der Waals surface area (Å²) in [6, 6.07) is 7.99. The molecule has 0 aliphatic carbocycles. The van der Waals surface area contributed by atoms with Crippen LogP contribution in [0.2, 0.25) is 10.0 Å². The average molecular weight is 540 g/mol. The first-order chi connectivity index (χ1) is 15.6. The van der Waals surface area contributed by atoms with E-state index in [4.69, 9.17) is 23.2 Å². The minimum Gasteiger partial charge on any atom is -0.357 e. The maximum absolute atomic E-state index is 13.3. The van der Waals surface area contributed by atoms with Crippen molar-refractivity contribution in [2.24, 2.45) is 0 Å². The third-order valence-electron chi connectivity index (χ3n) is 4.88. The molecule has 0 heterocycles. The zero-order chi connectivity index (χ0) is 25.8. The fourth-order valence-corrected chi connectivity index (χ4v) is 4.40. The van der Waals surface area contributed by atoms with Gasteiger partial charge in [0, 0.05) is 18.6 Å². The third kappa shape index (κ3) is 7.00. The zero-order valence-electron chi connectivity index (χ0n) is 18.4. The molecule has 7 nitrogen and oxygen atoms in total. The standard InChI is InChI=1S/C21H22Cl2F3N3O4S/c1-13(20(31)27-2)28(11-14-5-4-6-15(22)9-14)19(30)12-29(34(3,32)33)16-7-8-18(23)17(10-16)21(24,25)26/h4-10,13H,11-12H2,1-3H3,(H,27,31)/t13-/m1/s1. The van der Waals surface area contributed by atoms with Crippen LogP contribution in [0.25, 0.3) is 0 Å². The van der Waals surface area contributed by atoms with Crippen molar-refractivity contribution in [2.75, 3.05) is 24.2 Å². The number of likely N-dealkylation sites (N-methyl/N-ethyl adjacent to an activating group) is 1. The molecule has 0 aromatic heterocycles. The number of hydrogen-bond donors (Lipinski definition) is 1. The van der Waals surface area contributed by atoms with Gasteiger partial charge in [0.25, 0.3) is 0 Å². The Labute approximate surface area is 205 Å². The van der Waals surface area contributed by atoms with Crippen LogP contribution in [0.3, 0.4) is 0 Å². The van der Waals surface area contributed by atoms with E-state index in [1.807, 2.05) is 0 Å². The molecule has 1 N–H and O–H groups in total. The normalized spacial score (nSPS) is 12.7. The highest BCUT2D eigenvalue weighted by atomic mass is 35.5. The molecular weight excluding hydrogens is 518 g/mol. The van der Waals surface area contributed by atoms with Crippen LogP contribution in [-0.2, 0) is 32.3 Å². The van der Waals surface area contributed by atoms with E-state index in [1.54, 1.807) is 24.3 Å². The van der Waals surface area contributed by atoms with E-state index in [1.165, 1.54) is 14.0 Å². The van der Waals surface area contributed by atoms with Crippen molar-refractivity contribution in [1.82, 2.24) is 10.2 Å².